The second-order valence-electron chi connectivity index (χ2n) is 9.54. The Bertz CT molecular complexity index is 1350. The SMILES string of the molecule is Cc1cc2c(F)c(Oc3cc(Nc4cc(C5CCC5)[nH]n4)nc(N4CCN(C)CC4)n3)ccc2[nH]1. The van der Waals surface area contributed by atoms with Gasteiger partial charge >= 0.3 is 0 Å². The molecule has 0 radical (unpaired) electrons. The molecule has 9 nitrogen and oxygen atoms in total. The standard InChI is InChI=1S/C25H29FN8O/c1-15-12-17-18(27-15)6-7-20(24(17)26)35-23-14-21(28-22-13-19(31-32-22)16-4-3-5-16)29-25(30-23)34-10-8-33(2)9-11-34/h6-7,12-14,16,27H,3-5,8-11H2,1-2H3,(H2,28,29,30,31,32). The molecular weight excluding hydrogens is 447 g/mol. The van der Waals surface area contributed by atoms with Crippen LogP contribution in [0.15, 0.2) is 30.3 Å². The minimum atomic E-state index is -0.418. The van der Waals surface area contributed by atoms with Gasteiger partial charge in [-0.3, -0.25) is 5.10 Å². The van der Waals surface area contributed by atoms with Crippen molar-refractivity contribution < 1.29 is 9.13 Å². The number of aryl methyl sites for hydroxylation is 1. The molecule has 10 heteroatoms. The summed E-state index contributed by atoms with van der Waals surface area (Å²) in [5.74, 6) is 2.32. The molecule has 0 bridgehead atoms. The van der Waals surface area contributed by atoms with Crippen LogP contribution >= 0.6 is 0 Å². The van der Waals surface area contributed by atoms with Crippen LogP contribution in [0.3, 0.4) is 0 Å². The predicted molar refractivity (Wildman–Crippen MR) is 133 cm³/mol. The topological polar surface area (TPSA) is 98.0 Å². The Morgan fingerprint density at radius 1 is 1.06 bits per heavy atom. The number of fused-ring (bicyclic) bond motifs is 1. The van der Waals surface area contributed by atoms with Gasteiger partial charge in [0.05, 0.1) is 0 Å². The number of ether oxygens (including phenoxy) is 1. The lowest BCUT2D eigenvalue weighted by atomic mass is 9.83. The van der Waals surface area contributed by atoms with E-state index >= 15 is 4.39 Å². The van der Waals surface area contributed by atoms with E-state index in [0.717, 1.165) is 43.1 Å². The van der Waals surface area contributed by atoms with Gasteiger partial charge in [0.1, 0.15) is 5.82 Å². The largest absolute Gasteiger partial charge is 0.436 e. The number of hydrogen-bond acceptors (Lipinski definition) is 7. The van der Waals surface area contributed by atoms with Crippen LogP contribution in [0.2, 0.25) is 0 Å². The van der Waals surface area contributed by atoms with Crippen LogP contribution in [-0.2, 0) is 0 Å². The summed E-state index contributed by atoms with van der Waals surface area (Å²) in [4.78, 5) is 16.9. The van der Waals surface area contributed by atoms with Gasteiger partial charge in [0.25, 0.3) is 0 Å². The van der Waals surface area contributed by atoms with E-state index in [0.29, 0.717) is 28.9 Å². The maximum Gasteiger partial charge on any atom is 0.230 e. The number of likely N-dealkylation sites (N-methyl/N-ethyl adjacent to an activating group) is 1. The van der Waals surface area contributed by atoms with E-state index in [2.05, 4.69) is 42.3 Å². The zero-order chi connectivity index (χ0) is 23.9. The van der Waals surface area contributed by atoms with E-state index in [-0.39, 0.29) is 11.6 Å². The second kappa shape index (κ2) is 8.84. The van der Waals surface area contributed by atoms with Crippen molar-refractivity contribution in [3.05, 3.63) is 47.5 Å². The Hall–Kier alpha value is -3.66. The zero-order valence-electron chi connectivity index (χ0n) is 19.9. The van der Waals surface area contributed by atoms with Gasteiger partial charge in [-0.1, -0.05) is 6.42 Å². The van der Waals surface area contributed by atoms with Crippen molar-refractivity contribution >= 4 is 28.5 Å². The molecule has 2 fully saturated rings. The first-order chi connectivity index (χ1) is 17.0. The molecule has 0 amide bonds. The number of anilines is 3. The third kappa shape index (κ3) is 4.41. The molecule has 3 N–H and O–H groups in total. The molecule has 182 valence electrons. The lowest BCUT2D eigenvalue weighted by Gasteiger charge is -2.32. The summed E-state index contributed by atoms with van der Waals surface area (Å²) in [6.07, 6.45) is 3.65. The number of aromatic nitrogens is 5. The third-order valence-electron chi connectivity index (χ3n) is 6.93. The van der Waals surface area contributed by atoms with Gasteiger partial charge in [0.2, 0.25) is 11.8 Å². The molecule has 1 saturated heterocycles. The van der Waals surface area contributed by atoms with Crippen LogP contribution in [0.1, 0.15) is 36.6 Å². The van der Waals surface area contributed by atoms with E-state index in [1.54, 1.807) is 18.2 Å². The van der Waals surface area contributed by atoms with Crippen molar-refractivity contribution in [2.75, 3.05) is 43.4 Å². The Labute approximate surface area is 202 Å². The molecule has 2 aliphatic rings. The van der Waals surface area contributed by atoms with Crippen LogP contribution in [0.5, 0.6) is 11.6 Å². The Morgan fingerprint density at radius 3 is 2.66 bits per heavy atom. The smallest absolute Gasteiger partial charge is 0.230 e. The van der Waals surface area contributed by atoms with Crippen LogP contribution in [-0.4, -0.2) is 63.3 Å². The quantitative estimate of drug-likeness (QED) is 0.372. The van der Waals surface area contributed by atoms with Crippen molar-refractivity contribution in [1.29, 1.82) is 0 Å². The van der Waals surface area contributed by atoms with E-state index in [1.807, 2.05) is 19.1 Å². The first-order valence-corrected chi connectivity index (χ1v) is 12.1. The highest BCUT2D eigenvalue weighted by Gasteiger charge is 2.23. The summed E-state index contributed by atoms with van der Waals surface area (Å²) in [5, 5.41) is 11.3. The molecule has 1 aliphatic heterocycles. The van der Waals surface area contributed by atoms with E-state index in [9.17, 15) is 0 Å². The molecule has 1 aliphatic carbocycles. The number of nitrogens with one attached hydrogen (secondary N) is 3. The van der Waals surface area contributed by atoms with Gasteiger partial charge < -0.3 is 24.8 Å². The average Bonchev–Trinajstić information content (AvgIpc) is 3.41. The lowest BCUT2D eigenvalue weighted by molar-refractivity contribution is 0.310. The van der Waals surface area contributed by atoms with Crippen LogP contribution in [0, 0.1) is 12.7 Å². The summed E-state index contributed by atoms with van der Waals surface area (Å²) in [6, 6.07) is 8.93. The number of rotatable bonds is 6. The molecule has 4 heterocycles. The van der Waals surface area contributed by atoms with Gasteiger partial charge in [-0.25, -0.2) is 4.39 Å². The molecule has 6 rings (SSSR count). The van der Waals surface area contributed by atoms with Crippen LogP contribution in [0.4, 0.5) is 22.0 Å². The van der Waals surface area contributed by atoms with Crippen molar-refractivity contribution in [1.82, 2.24) is 30.0 Å². The maximum absolute atomic E-state index is 15.2. The molecule has 4 aromatic rings. The van der Waals surface area contributed by atoms with Gasteiger partial charge in [-0.2, -0.15) is 15.1 Å². The number of H-pyrrole nitrogens is 2. The fourth-order valence-corrected chi connectivity index (χ4v) is 4.62. The summed E-state index contributed by atoms with van der Waals surface area (Å²) < 4.78 is 21.2. The van der Waals surface area contributed by atoms with Crippen molar-refractivity contribution in [2.24, 2.45) is 0 Å². The maximum atomic E-state index is 15.2. The molecule has 1 saturated carbocycles. The number of halogens is 1. The monoisotopic (exact) mass is 476 g/mol. The van der Waals surface area contributed by atoms with E-state index in [1.165, 1.54) is 19.3 Å². The first kappa shape index (κ1) is 21.8. The minimum Gasteiger partial charge on any atom is -0.436 e. The number of benzene rings is 1. The average molecular weight is 477 g/mol. The fraction of sp³-hybridized carbons (Fsp3) is 0.400. The van der Waals surface area contributed by atoms with E-state index in [4.69, 9.17) is 9.72 Å². The highest BCUT2D eigenvalue weighted by molar-refractivity contribution is 5.82. The van der Waals surface area contributed by atoms with Gasteiger partial charge in [0, 0.05) is 66.5 Å². The first-order valence-electron chi connectivity index (χ1n) is 12.1. The van der Waals surface area contributed by atoms with Crippen LogP contribution in [0.25, 0.3) is 10.9 Å². The Balaban J connectivity index is 1.31. The molecule has 0 spiro atoms. The molecule has 35 heavy (non-hydrogen) atoms. The van der Waals surface area contributed by atoms with Gasteiger partial charge in [0.15, 0.2) is 17.4 Å². The molecule has 3 aromatic heterocycles. The summed E-state index contributed by atoms with van der Waals surface area (Å²) in [5.41, 5.74) is 2.76. The van der Waals surface area contributed by atoms with Gasteiger partial charge in [-0.15, -0.1) is 0 Å². The zero-order valence-corrected chi connectivity index (χ0v) is 19.9. The fourth-order valence-electron chi connectivity index (χ4n) is 4.62. The minimum absolute atomic E-state index is 0.123. The molecule has 0 atom stereocenters. The Morgan fingerprint density at radius 2 is 1.89 bits per heavy atom. The predicted octanol–water partition coefficient (Wildman–Crippen LogP) is 4.68. The summed E-state index contributed by atoms with van der Waals surface area (Å²) >= 11 is 0. The summed E-state index contributed by atoms with van der Waals surface area (Å²) in [7, 11) is 2.10. The Kier molecular flexibility index (Phi) is 5.52. The van der Waals surface area contributed by atoms with E-state index < -0.39 is 5.82 Å². The highest BCUT2D eigenvalue weighted by atomic mass is 19.1. The van der Waals surface area contributed by atoms with Crippen molar-refractivity contribution in [2.45, 2.75) is 32.1 Å². The van der Waals surface area contributed by atoms with Crippen molar-refractivity contribution in [3.8, 4) is 11.6 Å². The lowest BCUT2D eigenvalue weighted by Crippen LogP contribution is -2.45. The summed E-state index contributed by atoms with van der Waals surface area (Å²) in [6.45, 7) is 5.34. The second-order valence-corrected chi connectivity index (χ2v) is 9.54. The number of piperazine rings is 1. The third-order valence-corrected chi connectivity index (χ3v) is 6.93. The number of aromatic amines is 2. The highest BCUT2D eigenvalue weighted by Crippen LogP contribution is 2.36. The number of hydrogen-bond donors (Lipinski definition) is 3. The normalized spacial score (nSPS) is 17.1. The van der Waals surface area contributed by atoms with Gasteiger partial charge in [-0.05, 0) is 45.0 Å². The molecule has 1 aromatic carbocycles. The molecular formula is C25H29FN8O. The molecule has 0 unspecified atom stereocenters. The van der Waals surface area contributed by atoms with Crippen LogP contribution < -0.4 is 15.0 Å². The number of nitrogens with zero attached hydrogens (tertiary/aromatic N) is 5. The van der Waals surface area contributed by atoms with Crippen molar-refractivity contribution in [3.63, 3.8) is 0 Å².